The van der Waals surface area contributed by atoms with Gasteiger partial charge in [0.05, 0.1) is 17.0 Å². The van der Waals surface area contributed by atoms with Gasteiger partial charge in [-0.05, 0) is 37.1 Å². The average molecular weight is 218 g/mol. The third-order valence-corrected chi connectivity index (χ3v) is 4.40. The number of rotatable bonds is 1. The van der Waals surface area contributed by atoms with Crippen molar-refractivity contribution in [3.63, 3.8) is 0 Å². The molecule has 2 nitrogen and oxygen atoms in total. The van der Waals surface area contributed by atoms with E-state index in [-0.39, 0.29) is 0 Å². The van der Waals surface area contributed by atoms with Crippen molar-refractivity contribution in [2.24, 2.45) is 0 Å². The lowest BCUT2D eigenvalue weighted by Crippen LogP contribution is -1.97. The monoisotopic (exact) mass is 218 g/mol. The Morgan fingerprint density at radius 2 is 2.47 bits per heavy atom. The van der Waals surface area contributed by atoms with Gasteiger partial charge in [0, 0.05) is 6.20 Å². The highest BCUT2D eigenvalue weighted by Crippen LogP contribution is 2.39. The van der Waals surface area contributed by atoms with E-state index in [1.807, 2.05) is 18.0 Å². The second-order valence-electron chi connectivity index (χ2n) is 4.06. The molecule has 0 N–H and O–H groups in total. The highest BCUT2D eigenvalue weighted by atomic mass is 32.2. The Morgan fingerprint density at radius 3 is 3.27 bits per heavy atom. The van der Waals surface area contributed by atoms with E-state index < -0.39 is 0 Å². The molecule has 0 radical (unpaired) electrons. The topological polar surface area (TPSA) is 17.3 Å². The molecular formula is C12H14N2S. The second-order valence-corrected chi connectivity index (χ2v) is 5.38. The summed E-state index contributed by atoms with van der Waals surface area (Å²) in [5.41, 5.74) is 2.55. The maximum absolute atomic E-state index is 4.58. The van der Waals surface area contributed by atoms with Crippen LogP contribution in [0.4, 0.5) is 0 Å². The molecule has 0 aromatic carbocycles. The standard InChI is InChI=1S/C12H14N2S/c1-9-4-2-6-14-10(9)8-13-12(14)11-5-3-7-15-11/h2,4,6,8,11H,3,5,7H2,1H3. The minimum atomic E-state index is 0.606. The summed E-state index contributed by atoms with van der Waals surface area (Å²) in [6.07, 6.45) is 6.74. The van der Waals surface area contributed by atoms with E-state index in [4.69, 9.17) is 0 Å². The molecule has 1 fully saturated rings. The van der Waals surface area contributed by atoms with Crippen LogP contribution in [0.25, 0.3) is 5.52 Å². The Morgan fingerprint density at radius 1 is 1.53 bits per heavy atom. The third-order valence-electron chi connectivity index (χ3n) is 3.03. The smallest absolute Gasteiger partial charge is 0.126 e. The minimum Gasteiger partial charge on any atom is -0.303 e. The number of aryl methyl sites for hydroxylation is 1. The van der Waals surface area contributed by atoms with Crippen molar-refractivity contribution in [3.05, 3.63) is 35.9 Å². The van der Waals surface area contributed by atoms with Gasteiger partial charge in [0.2, 0.25) is 0 Å². The fourth-order valence-electron chi connectivity index (χ4n) is 2.20. The Balaban J connectivity index is 2.15. The van der Waals surface area contributed by atoms with Gasteiger partial charge in [0.1, 0.15) is 5.82 Å². The highest BCUT2D eigenvalue weighted by molar-refractivity contribution is 7.99. The molecule has 0 saturated carbocycles. The number of pyridine rings is 1. The zero-order valence-corrected chi connectivity index (χ0v) is 9.63. The van der Waals surface area contributed by atoms with Crippen molar-refractivity contribution in [3.8, 4) is 0 Å². The molecule has 3 heterocycles. The van der Waals surface area contributed by atoms with Gasteiger partial charge < -0.3 is 4.40 Å². The van der Waals surface area contributed by atoms with Crippen molar-refractivity contribution < 1.29 is 0 Å². The first-order valence-corrected chi connectivity index (χ1v) is 6.45. The lowest BCUT2D eigenvalue weighted by atomic mass is 10.2. The molecule has 3 heteroatoms. The molecule has 2 aromatic rings. The molecule has 78 valence electrons. The number of hydrogen-bond acceptors (Lipinski definition) is 2. The van der Waals surface area contributed by atoms with Crippen LogP contribution >= 0.6 is 11.8 Å². The van der Waals surface area contributed by atoms with Gasteiger partial charge in [0.15, 0.2) is 0 Å². The van der Waals surface area contributed by atoms with Crippen molar-refractivity contribution in [2.75, 3.05) is 5.75 Å². The molecule has 2 aromatic heterocycles. The zero-order chi connectivity index (χ0) is 10.3. The number of nitrogens with zero attached hydrogens (tertiary/aromatic N) is 2. The van der Waals surface area contributed by atoms with Crippen LogP contribution < -0.4 is 0 Å². The summed E-state index contributed by atoms with van der Waals surface area (Å²) in [7, 11) is 0. The summed E-state index contributed by atoms with van der Waals surface area (Å²) in [6.45, 7) is 2.14. The quantitative estimate of drug-likeness (QED) is 0.731. The summed E-state index contributed by atoms with van der Waals surface area (Å²) >= 11 is 2.04. The maximum Gasteiger partial charge on any atom is 0.126 e. The van der Waals surface area contributed by atoms with Gasteiger partial charge in [-0.3, -0.25) is 0 Å². The van der Waals surface area contributed by atoms with E-state index in [2.05, 4.69) is 34.6 Å². The van der Waals surface area contributed by atoms with Crippen LogP contribution in [0.15, 0.2) is 24.5 Å². The van der Waals surface area contributed by atoms with Crippen LogP contribution in [0, 0.1) is 6.92 Å². The van der Waals surface area contributed by atoms with E-state index in [9.17, 15) is 0 Å². The van der Waals surface area contributed by atoms with Gasteiger partial charge in [-0.15, -0.1) is 0 Å². The maximum atomic E-state index is 4.58. The fraction of sp³-hybridized carbons (Fsp3) is 0.417. The molecule has 1 aliphatic rings. The molecule has 0 aliphatic carbocycles. The number of imidazole rings is 1. The summed E-state index contributed by atoms with van der Waals surface area (Å²) in [4.78, 5) is 4.58. The number of fused-ring (bicyclic) bond motifs is 1. The minimum absolute atomic E-state index is 0.606. The van der Waals surface area contributed by atoms with Crippen LogP contribution in [0.3, 0.4) is 0 Å². The molecule has 0 bridgehead atoms. The Labute approximate surface area is 93.7 Å². The second kappa shape index (κ2) is 3.56. The van der Waals surface area contributed by atoms with Gasteiger partial charge >= 0.3 is 0 Å². The Kier molecular flexibility index (Phi) is 2.20. The first-order chi connectivity index (χ1) is 7.36. The van der Waals surface area contributed by atoms with E-state index in [1.165, 1.54) is 35.5 Å². The van der Waals surface area contributed by atoms with E-state index in [0.29, 0.717) is 5.25 Å². The van der Waals surface area contributed by atoms with Gasteiger partial charge in [0.25, 0.3) is 0 Å². The van der Waals surface area contributed by atoms with E-state index >= 15 is 0 Å². The molecule has 1 atom stereocenters. The van der Waals surface area contributed by atoms with Crippen LogP contribution in [-0.2, 0) is 0 Å². The zero-order valence-electron chi connectivity index (χ0n) is 8.81. The summed E-state index contributed by atoms with van der Waals surface area (Å²) in [5, 5.41) is 0.606. The van der Waals surface area contributed by atoms with Crippen LogP contribution in [0.1, 0.15) is 29.5 Å². The summed E-state index contributed by atoms with van der Waals surface area (Å²) in [5.74, 6) is 2.52. The van der Waals surface area contributed by atoms with E-state index in [0.717, 1.165) is 0 Å². The van der Waals surface area contributed by atoms with Crippen LogP contribution in [0.2, 0.25) is 0 Å². The van der Waals surface area contributed by atoms with Crippen LogP contribution in [0.5, 0.6) is 0 Å². The van der Waals surface area contributed by atoms with Gasteiger partial charge in [-0.1, -0.05) is 6.07 Å². The Bertz CT molecular complexity index is 483. The molecule has 0 amide bonds. The molecule has 3 rings (SSSR count). The molecule has 0 spiro atoms. The third kappa shape index (κ3) is 1.46. The average Bonchev–Trinajstić information content (AvgIpc) is 2.85. The number of thioether (sulfide) groups is 1. The largest absolute Gasteiger partial charge is 0.303 e. The van der Waals surface area contributed by atoms with Crippen molar-refractivity contribution in [1.82, 2.24) is 9.38 Å². The van der Waals surface area contributed by atoms with Gasteiger partial charge in [-0.2, -0.15) is 11.8 Å². The van der Waals surface area contributed by atoms with E-state index in [1.54, 1.807) is 0 Å². The lowest BCUT2D eigenvalue weighted by Gasteiger charge is -2.07. The molecule has 1 unspecified atom stereocenters. The first kappa shape index (κ1) is 9.28. The predicted octanol–water partition coefficient (Wildman–Crippen LogP) is 3.21. The van der Waals surface area contributed by atoms with Crippen molar-refractivity contribution in [1.29, 1.82) is 0 Å². The normalized spacial score (nSPS) is 21.3. The highest BCUT2D eigenvalue weighted by Gasteiger charge is 2.21. The molecule has 15 heavy (non-hydrogen) atoms. The fourth-order valence-corrected chi connectivity index (χ4v) is 3.48. The van der Waals surface area contributed by atoms with Crippen LogP contribution in [-0.4, -0.2) is 15.1 Å². The molecule has 1 aliphatic heterocycles. The SMILES string of the molecule is Cc1cccn2c(C3CCCS3)ncc12. The van der Waals surface area contributed by atoms with Gasteiger partial charge in [-0.25, -0.2) is 4.98 Å². The molecule has 1 saturated heterocycles. The molecular weight excluding hydrogens is 204 g/mol. The predicted molar refractivity (Wildman–Crippen MR) is 64.4 cm³/mol. The summed E-state index contributed by atoms with van der Waals surface area (Å²) in [6, 6.07) is 4.25. The van der Waals surface area contributed by atoms with Crippen molar-refractivity contribution >= 4 is 17.3 Å². The number of aromatic nitrogens is 2. The summed E-state index contributed by atoms with van der Waals surface area (Å²) < 4.78 is 2.25. The first-order valence-electron chi connectivity index (χ1n) is 5.40. The van der Waals surface area contributed by atoms with Crippen molar-refractivity contribution in [2.45, 2.75) is 25.0 Å². The number of hydrogen-bond donors (Lipinski definition) is 0. The Hall–Kier alpha value is -0.960. The lowest BCUT2D eigenvalue weighted by molar-refractivity contribution is 0.774.